The van der Waals surface area contributed by atoms with Gasteiger partial charge < -0.3 is 23.8 Å². The lowest BCUT2D eigenvalue weighted by atomic mass is 10.0. The molecule has 296 valence electrons. The summed E-state index contributed by atoms with van der Waals surface area (Å²) < 4.78 is 17.2. The van der Waals surface area contributed by atoms with Crippen molar-refractivity contribution in [3.63, 3.8) is 0 Å². The van der Waals surface area contributed by atoms with Crippen molar-refractivity contribution in [2.45, 2.75) is 212 Å². The molecule has 2 atom stereocenters. The molecule has 0 saturated carbocycles. The number of hydrogen-bond donors (Lipinski definition) is 1. The van der Waals surface area contributed by atoms with E-state index in [0.717, 1.165) is 38.5 Å². The minimum Gasteiger partial charge on any atom is -0.477 e. The van der Waals surface area contributed by atoms with Crippen molar-refractivity contribution in [2.75, 3.05) is 41.0 Å². The molecular weight excluding hydrogens is 630 g/mol. The van der Waals surface area contributed by atoms with E-state index in [1.54, 1.807) is 0 Å². The van der Waals surface area contributed by atoms with Crippen molar-refractivity contribution in [3.05, 3.63) is 0 Å². The average molecular weight is 713 g/mol. The van der Waals surface area contributed by atoms with Crippen LogP contribution in [0.5, 0.6) is 0 Å². The molecule has 0 radical (unpaired) electrons. The number of nitrogens with zero attached hydrogens (tertiary/aromatic N) is 1. The monoisotopic (exact) mass is 713 g/mol. The van der Waals surface area contributed by atoms with Crippen LogP contribution >= 0.6 is 0 Å². The highest BCUT2D eigenvalue weighted by Crippen LogP contribution is 2.16. The van der Waals surface area contributed by atoms with Crippen molar-refractivity contribution in [2.24, 2.45) is 0 Å². The van der Waals surface area contributed by atoms with Gasteiger partial charge in [0.15, 0.2) is 12.1 Å². The SMILES string of the molecule is CCCCCCCCCCCCCCCCCCCCCCC(=O)OC(COCCC(C(=O)O)[N+](C)(C)C)COC(=O)CCCCCCCC. The Kier molecular flexibility index (Phi) is 33.3. The third-order valence-electron chi connectivity index (χ3n) is 9.76. The number of hydrogen-bond acceptors (Lipinski definition) is 6. The third kappa shape index (κ3) is 32.3. The zero-order valence-electron chi connectivity index (χ0n) is 33.6. The lowest BCUT2D eigenvalue weighted by molar-refractivity contribution is -0.887. The van der Waals surface area contributed by atoms with Gasteiger partial charge in [-0.25, -0.2) is 4.79 Å². The molecule has 0 aliphatic heterocycles. The van der Waals surface area contributed by atoms with Crippen molar-refractivity contribution in [1.29, 1.82) is 0 Å². The van der Waals surface area contributed by atoms with E-state index >= 15 is 0 Å². The normalized spacial score (nSPS) is 12.9. The number of rotatable bonds is 38. The Morgan fingerprint density at radius 2 is 0.880 bits per heavy atom. The number of carboxylic acid groups (broad SMARTS) is 1. The Hall–Kier alpha value is -1.67. The van der Waals surface area contributed by atoms with Crippen LogP contribution in [-0.2, 0) is 28.6 Å². The lowest BCUT2D eigenvalue weighted by Gasteiger charge is -2.31. The second-order valence-corrected chi connectivity index (χ2v) is 15.6. The number of ether oxygens (including phenoxy) is 3. The molecule has 0 fully saturated rings. The second kappa shape index (κ2) is 34.4. The van der Waals surface area contributed by atoms with Gasteiger partial charge in [0.1, 0.15) is 6.61 Å². The molecule has 2 unspecified atom stereocenters. The fourth-order valence-corrected chi connectivity index (χ4v) is 6.45. The summed E-state index contributed by atoms with van der Waals surface area (Å²) in [7, 11) is 5.52. The molecular formula is C42H82NO7+. The summed E-state index contributed by atoms with van der Waals surface area (Å²) in [4.78, 5) is 36.6. The first-order valence-electron chi connectivity index (χ1n) is 21.1. The third-order valence-corrected chi connectivity index (χ3v) is 9.76. The fourth-order valence-electron chi connectivity index (χ4n) is 6.45. The van der Waals surface area contributed by atoms with E-state index in [2.05, 4.69) is 13.8 Å². The maximum absolute atomic E-state index is 12.7. The van der Waals surface area contributed by atoms with Crippen LogP contribution in [0.15, 0.2) is 0 Å². The Labute approximate surface area is 308 Å². The first-order valence-corrected chi connectivity index (χ1v) is 21.1. The summed E-state index contributed by atoms with van der Waals surface area (Å²) in [5, 5.41) is 9.57. The first kappa shape index (κ1) is 48.3. The van der Waals surface area contributed by atoms with Gasteiger partial charge in [0.05, 0.1) is 34.4 Å². The number of likely N-dealkylation sites (N-methyl/N-ethyl adjacent to an activating group) is 1. The van der Waals surface area contributed by atoms with Crippen molar-refractivity contribution < 1.29 is 38.2 Å². The summed E-state index contributed by atoms with van der Waals surface area (Å²) in [6.45, 7) is 4.70. The van der Waals surface area contributed by atoms with Gasteiger partial charge in [-0.3, -0.25) is 9.59 Å². The predicted octanol–water partition coefficient (Wildman–Crippen LogP) is 11.0. The lowest BCUT2D eigenvalue weighted by Crippen LogP contribution is -2.50. The smallest absolute Gasteiger partial charge is 0.362 e. The summed E-state index contributed by atoms with van der Waals surface area (Å²) in [5.74, 6) is -1.46. The van der Waals surface area contributed by atoms with Crippen LogP contribution in [0.3, 0.4) is 0 Å². The summed E-state index contributed by atoms with van der Waals surface area (Å²) in [6.07, 6.45) is 33.1. The number of esters is 2. The summed E-state index contributed by atoms with van der Waals surface area (Å²) in [6, 6.07) is -0.606. The van der Waals surface area contributed by atoms with E-state index in [1.165, 1.54) is 128 Å². The molecule has 0 aromatic heterocycles. The van der Waals surface area contributed by atoms with Crippen LogP contribution < -0.4 is 0 Å². The predicted molar refractivity (Wildman–Crippen MR) is 206 cm³/mol. The Morgan fingerprint density at radius 3 is 1.24 bits per heavy atom. The average Bonchev–Trinajstić information content (AvgIpc) is 3.06. The van der Waals surface area contributed by atoms with E-state index < -0.39 is 18.1 Å². The molecule has 8 nitrogen and oxygen atoms in total. The highest BCUT2D eigenvalue weighted by molar-refractivity contribution is 5.72. The number of aliphatic carboxylic acids is 1. The van der Waals surface area contributed by atoms with Gasteiger partial charge in [0.25, 0.3) is 0 Å². The number of quaternary nitrogens is 1. The van der Waals surface area contributed by atoms with Gasteiger partial charge in [-0.05, 0) is 12.8 Å². The van der Waals surface area contributed by atoms with Crippen LogP contribution in [0.2, 0.25) is 0 Å². The molecule has 0 heterocycles. The van der Waals surface area contributed by atoms with Crippen LogP contribution in [0, 0.1) is 0 Å². The maximum Gasteiger partial charge on any atom is 0.362 e. The van der Waals surface area contributed by atoms with E-state index in [-0.39, 0.29) is 36.2 Å². The number of carboxylic acids is 1. The van der Waals surface area contributed by atoms with E-state index in [9.17, 15) is 19.5 Å². The zero-order chi connectivity index (χ0) is 37.1. The van der Waals surface area contributed by atoms with E-state index in [4.69, 9.17) is 14.2 Å². The molecule has 0 saturated heterocycles. The first-order chi connectivity index (χ1) is 24.1. The second-order valence-electron chi connectivity index (χ2n) is 15.6. The van der Waals surface area contributed by atoms with Crippen LogP contribution in [-0.4, -0.2) is 80.6 Å². The summed E-state index contributed by atoms with van der Waals surface area (Å²) in [5.41, 5.74) is 0. The van der Waals surface area contributed by atoms with Gasteiger partial charge in [0.2, 0.25) is 0 Å². The topological polar surface area (TPSA) is 99.1 Å². The van der Waals surface area contributed by atoms with Gasteiger partial charge >= 0.3 is 17.9 Å². The van der Waals surface area contributed by atoms with E-state index in [0.29, 0.717) is 19.3 Å². The Bertz CT molecular complexity index is 797. The van der Waals surface area contributed by atoms with Crippen molar-refractivity contribution in [1.82, 2.24) is 0 Å². The van der Waals surface area contributed by atoms with E-state index in [1.807, 2.05) is 21.1 Å². The Morgan fingerprint density at radius 1 is 0.520 bits per heavy atom. The molecule has 0 rings (SSSR count). The van der Waals surface area contributed by atoms with Gasteiger partial charge in [0, 0.05) is 19.3 Å². The fraction of sp³-hybridized carbons (Fsp3) is 0.929. The molecule has 50 heavy (non-hydrogen) atoms. The maximum atomic E-state index is 12.7. The number of carbonyl (C=O) groups excluding carboxylic acids is 2. The minimum atomic E-state index is -0.873. The highest BCUT2D eigenvalue weighted by Gasteiger charge is 2.31. The molecule has 0 bridgehead atoms. The van der Waals surface area contributed by atoms with Crippen molar-refractivity contribution >= 4 is 17.9 Å². The van der Waals surface area contributed by atoms with Gasteiger partial charge in [-0.1, -0.05) is 168 Å². The molecule has 8 heteroatoms. The summed E-state index contributed by atoms with van der Waals surface area (Å²) >= 11 is 0. The van der Waals surface area contributed by atoms with Gasteiger partial charge in [-0.15, -0.1) is 0 Å². The van der Waals surface area contributed by atoms with Crippen LogP contribution in [0.1, 0.15) is 200 Å². The number of unbranched alkanes of at least 4 members (excludes halogenated alkanes) is 24. The Balaban J connectivity index is 4.14. The quantitative estimate of drug-likeness (QED) is 0.0386. The molecule has 1 N–H and O–H groups in total. The molecule has 0 aliphatic carbocycles. The number of carbonyl (C=O) groups is 3. The van der Waals surface area contributed by atoms with Gasteiger partial charge in [-0.2, -0.15) is 0 Å². The molecule has 0 spiro atoms. The highest BCUT2D eigenvalue weighted by atomic mass is 16.6. The minimum absolute atomic E-state index is 0.0443. The van der Waals surface area contributed by atoms with Crippen LogP contribution in [0.25, 0.3) is 0 Å². The molecule has 0 aromatic rings. The standard InChI is InChI=1S/C42H81NO7/c1-6-8-10-12-14-15-16-17-18-19-20-21-22-23-24-25-26-27-29-31-33-41(45)50-38(36-48-35-34-39(42(46)47)43(3,4)5)37-49-40(44)32-30-28-13-11-9-7-2/h38-39H,6-37H2,1-5H3/p+1. The largest absolute Gasteiger partial charge is 0.477 e. The molecule has 0 aliphatic rings. The molecule has 0 amide bonds. The molecule has 0 aromatic carbocycles. The van der Waals surface area contributed by atoms with Crippen molar-refractivity contribution in [3.8, 4) is 0 Å². The zero-order valence-corrected chi connectivity index (χ0v) is 33.6. The van der Waals surface area contributed by atoms with Crippen LogP contribution in [0.4, 0.5) is 0 Å².